The topological polar surface area (TPSA) is 114 Å². The van der Waals surface area contributed by atoms with E-state index in [1.165, 1.54) is 6.92 Å². The molecule has 3 N–H and O–H groups in total. The fourth-order valence-electron chi connectivity index (χ4n) is 4.44. The lowest BCUT2D eigenvalue weighted by Crippen LogP contribution is -2.56. The van der Waals surface area contributed by atoms with Gasteiger partial charge in [0.1, 0.15) is 6.61 Å². The van der Waals surface area contributed by atoms with Gasteiger partial charge in [-0.1, -0.05) is 78.9 Å². The Balaban J connectivity index is 1.29. The molecule has 0 aromatic heterocycles. The molecule has 2 unspecified atom stereocenters. The van der Waals surface area contributed by atoms with Gasteiger partial charge in [-0.3, -0.25) is 4.79 Å². The Hall–Kier alpha value is -4.31. The highest BCUT2D eigenvalue weighted by Gasteiger charge is 2.42. The first kappa shape index (κ1) is 27.7. The molecule has 8 nitrogen and oxygen atoms in total. The molecule has 0 saturated heterocycles. The number of fused-ring (bicyclic) bond motifs is 3. The number of aliphatic carboxylic acids is 1. The Morgan fingerprint density at radius 3 is 2.08 bits per heavy atom. The third-order valence-corrected chi connectivity index (χ3v) is 6.51. The fourth-order valence-corrected chi connectivity index (χ4v) is 4.44. The lowest BCUT2D eigenvalue weighted by Gasteiger charge is -2.24. The molecule has 0 spiro atoms. The third kappa shape index (κ3) is 6.58. The average molecular weight is 539 g/mol. The summed E-state index contributed by atoms with van der Waals surface area (Å²) in [5.41, 5.74) is 4.69. The Kier molecular flexibility index (Phi) is 8.55. The van der Waals surface area contributed by atoms with E-state index in [1.54, 1.807) is 30.3 Å². The van der Waals surface area contributed by atoms with Crippen molar-refractivity contribution in [2.24, 2.45) is 0 Å². The van der Waals surface area contributed by atoms with E-state index in [0.717, 1.165) is 27.8 Å². The van der Waals surface area contributed by atoms with Crippen LogP contribution in [0.15, 0.2) is 78.9 Å². The maximum atomic E-state index is 14.5. The number of nitrogens with one attached hydrogen (secondary N) is 2. The number of benzene rings is 3. The fraction of sp³-hybridized carbons (Fsp3) is 0.276. The van der Waals surface area contributed by atoms with Gasteiger partial charge in [-0.05, 0) is 34.7 Å². The number of carboxylic acids is 1. The summed E-state index contributed by atoms with van der Waals surface area (Å²) in [5.74, 6) is -7.76. The van der Waals surface area contributed by atoms with Crippen molar-refractivity contribution >= 4 is 18.0 Å². The van der Waals surface area contributed by atoms with Crippen molar-refractivity contribution in [3.8, 4) is 11.1 Å². The van der Waals surface area contributed by atoms with Gasteiger partial charge in [0, 0.05) is 5.92 Å². The van der Waals surface area contributed by atoms with Crippen LogP contribution in [0.5, 0.6) is 0 Å². The number of carbonyl (C=O) groups excluding carboxylic acids is 2. The predicted octanol–water partition coefficient (Wildman–Crippen LogP) is 4.34. The largest absolute Gasteiger partial charge is 0.480 e. The lowest BCUT2D eigenvalue weighted by molar-refractivity contribution is -0.154. The van der Waals surface area contributed by atoms with Crippen LogP contribution in [-0.2, 0) is 25.7 Å². The minimum absolute atomic E-state index is 0.0292. The summed E-state index contributed by atoms with van der Waals surface area (Å²) >= 11 is 0. The summed E-state index contributed by atoms with van der Waals surface area (Å²) in [6.07, 6.45) is -2.24. The zero-order chi connectivity index (χ0) is 28.0. The van der Waals surface area contributed by atoms with Crippen LogP contribution in [0.2, 0.25) is 0 Å². The van der Waals surface area contributed by atoms with Crippen LogP contribution >= 0.6 is 0 Å². The number of rotatable bonds is 11. The highest BCUT2D eigenvalue weighted by Crippen LogP contribution is 2.44. The number of ether oxygens (including phenoxy) is 2. The van der Waals surface area contributed by atoms with Gasteiger partial charge in [0.2, 0.25) is 0 Å². The number of hydrogen-bond donors (Lipinski definition) is 3. The molecule has 0 heterocycles. The van der Waals surface area contributed by atoms with Crippen molar-refractivity contribution in [3.05, 3.63) is 95.6 Å². The molecule has 0 aliphatic heterocycles. The van der Waals surface area contributed by atoms with E-state index >= 15 is 0 Å². The van der Waals surface area contributed by atoms with Crippen LogP contribution in [-0.4, -0.2) is 54.3 Å². The monoisotopic (exact) mass is 538 g/mol. The van der Waals surface area contributed by atoms with Gasteiger partial charge in [-0.15, -0.1) is 0 Å². The van der Waals surface area contributed by atoms with Crippen molar-refractivity contribution in [1.82, 2.24) is 10.6 Å². The molecular formula is C29H28F2N2O6. The number of carboxylic acid groups (broad SMARTS) is 1. The van der Waals surface area contributed by atoms with Gasteiger partial charge >= 0.3 is 18.0 Å². The van der Waals surface area contributed by atoms with Gasteiger partial charge < -0.3 is 25.2 Å². The molecule has 1 aliphatic rings. The summed E-state index contributed by atoms with van der Waals surface area (Å²) in [6, 6.07) is 22.4. The van der Waals surface area contributed by atoms with Gasteiger partial charge in [-0.2, -0.15) is 8.78 Å². The summed E-state index contributed by atoms with van der Waals surface area (Å²) in [7, 11) is 0. The normalized spacial score (nSPS) is 14.0. The molecule has 1 aliphatic carbocycles. The Morgan fingerprint density at radius 2 is 1.49 bits per heavy atom. The summed E-state index contributed by atoms with van der Waals surface area (Å²) in [4.78, 5) is 36.1. The Morgan fingerprint density at radius 1 is 0.923 bits per heavy atom. The number of alkyl carbamates (subject to hydrolysis) is 1. The van der Waals surface area contributed by atoms with Crippen LogP contribution < -0.4 is 10.6 Å². The van der Waals surface area contributed by atoms with Crippen molar-refractivity contribution in [2.45, 2.75) is 37.5 Å². The molecule has 3 aromatic rings. The predicted molar refractivity (Wildman–Crippen MR) is 138 cm³/mol. The Bertz CT molecular complexity index is 1290. The van der Waals surface area contributed by atoms with E-state index in [9.17, 15) is 28.3 Å². The quantitative estimate of drug-likeness (QED) is 0.335. The van der Waals surface area contributed by atoms with Crippen LogP contribution in [0, 0.1) is 0 Å². The van der Waals surface area contributed by atoms with E-state index in [1.807, 2.05) is 59.2 Å². The summed E-state index contributed by atoms with van der Waals surface area (Å²) in [6.45, 7) is -0.0768. The number of carbonyl (C=O) groups is 3. The van der Waals surface area contributed by atoms with Crippen molar-refractivity contribution in [2.75, 3.05) is 13.2 Å². The standard InChI is InChI=1S/C29H28F2N2O6/c1-18(38-15-19-9-3-2-4-10-19)25(26(34)35)33-27(36)29(30,31)17-32-28(37)39-16-24-22-13-7-5-11-20(22)21-12-6-8-14-23(21)24/h2-14,18,24-25H,15-17H2,1H3,(H,32,37)(H,33,36)(H,34,35). The molecule has 10 heteroatoms. The smallest absolute Gasteiger partial charge is 0.407 e. The first-order valence-electron chi connectivity index (χ1n) is 12.3. The second kappa shape index (κ2) is 12.0. The van der Waals surface area contributed by atoms with Crippen LogP contribution in [0.25, 0.3) is 11.1 Å². The number of halogens is 2. The molecule has 0 radical (unpaired) electrons. The molecule has 0 fully saturated rings. The molecule has 0 bridgehead atoms. The van der Waals surface area contributed by atoms with E-state index in [2.05, 4.69) is 0 Å². The van der Waals surface area contributed by atoms with E-state index < -0.39 is 42.6 Å². The average Bonchev–Trinajstić information content (AvgIpc) is 3.26. The highest BCUT2D eigenvalue weighted by molar-refractivity contribution is 5.89. The van der Waals surface area contributed by atoms with Crippen LogP contribution in [0.3, 0.4) is 0 Å². The molecule has 0 saturated carbocycles. The van der Waals surface area contributed by atoms with E-state index in [-0.39, 0.29) is 19.1 Å². The summed E-state index contributed by atoms with van der Waals surface area (Å²) < 4.78 is 39.8. The van der Waals surface area contributed by atoms with Gasteiger partial charge in [0.15, 0.2) is 6.04 Å². The minimum Gasteiger partial charge on any atom is -0.480 e. The van der Waals surface area contributed by atoms with Gasteiger partial charge in [0.05, 0.1) is 19.3 Å². The van der Waals surface area contributed by atoms with Crippen LogP contribution in [0.1, 0.15) is 29.5 Å². The molecular weight excluding hydrogens is 510 g/mol. The second-order valence-electron chi connectivity index (χ2n) is 9.17. The first-order chi connectivity index (χ1) is 18.7. The van der Waals surface area contributed by atoms with E-state index in [0.29, 0.717) is 0 Å². The minimum atomic E-state index is -4.10. The third-order valence-electron chi connectivity index (χ3n) is 6.51. The zero-order valence-corrected chi connectivity index (χ0v) is 21.1. The first-order valence-corrected chi connectivity index (χ1v) is 12.3. The van der Waals surface area contributed by atoms with Crippen molar-refractivity contribution in [3.63, 3.8) is 0 Å². The second-order valence-corrected chi connectivity index (χ2v) is 9.17. The molecule has 4 rings (SSSR count). The van der Waals surface area contributed by atoms with Crippen LogP contribution in [0.4, 0.5) is 13.6 Å². The van der Waals surface area contributed by atoms with Crippen molar-refractivity contribution < 1.29 is 37.7 Å². The Labute approximate surface area is 223 Å². The zero-order valence-electron chi connectivity index (χ0n) is 21.1. The number of amides is 2. The summed E-state index contributed by atoms with van der Waals surface area (Å²) in [5, 5.41) is 13.2. The molecule has 204 valence electrons. The lowest BCUT2D eigenvalue weighted by atomic mass is 9.98. The number of hydrogen-bond acceptors (Lipinski definition) is 5. The molecule has 3 aromatic carbocycles. The maximum absolute atomic E-state index is 14.5. The highest BCUT2D eigenvalue weighted by atomic mass is 19.3. The van der Waals surface area contributed by atoms with Crippen molar-refractivity contribution in [1.29, 1.82) is 0 Å². The SMILES string of the molecule is CC(OCc1ccccc1)C(NC(=O)C(F)(F)CNC(=O)OCC1c2ccccc2-c2ccccc21)C(=O)O. The number of alkyl halides is 2. The molecule has 39 heavy (non-hydrogen) atoms. The molecule has 2 amide bonds. The molecule has 2 atom stereocenters. The van der Waals surface area contributed by atoms with Gasteiger partial charge in [0.25, 0.3) is 5.91 Å². The van der Waals surface area contributed by atoms with Gasteiger partial charge in [-0.25, -0.2) is 9.59 Å². The maximum Gasteiger partial charge on any atom is 0.407 e. The van der Waals surface area contributed by atoms with E-state index in [4.69, 9.17) is 9.47 Å².